The molecule has 3 amide bonds. The first-order valence-corrected chi connectivity index (χ1v) is 11.2. The molecule has 0 spiro atoms. The highest BCUT2D eigenvalue weighted by Crippen LogP contribution is 2.31. The summed E-state index contributed by atoms with van der Waals surface area (Å²) in [5.41, 5.74) is 0.458. The van der Waals surface area contributed by atoms with Crippen molar-refractivity contribution in [3.05, 3.63) is 100 Å². The third-order valence-electron chi connectivity index (χ3n) is 5.19. The molecule has 36 heavy (non-hydrogen) atoms. The van der Waals surface area contributed by atoms with Crippen LogP contribution in [0, 0.1) is 5.82 Å². The zero-order valence-corrected chi connectivity index (χ0v) is 19.6. The monoisotopic (exact) mass is 507 g/mol. The van der Waals surface area contributed by atoms with Crippen molar-refractivity contribution in [1.29, 1.82) is 0 Å². The van der Waals surface area contributed by atoms with Crippen molar-refractivity contribution in [2.75, 3.05) is 22.1 Å². The summed E-state index contributed by atoms with van der Waals surface area (Å²) in [6, 6.07) is 17.8. The molecule has 4 rings (SSSR count). The predicted octanol–water partition coefficient (Wildman–Crippen LogP) is 4.69. The van der Waals surface area contributed by atoms with E-state index in [1.807, 2.05) is 0 Å². The minimum Gasteiger partial charge on any atom is -0.462 e. The molecule has 182 valence electrons. The Morgan fingerprint density at radius 3 is 2.44 bits per heavy atom. The van der Waals surface area contributed by atoms with Crippen molar-refractivity contribution in [2.24, 2.45) is 0 Å². The van der Waals surface area contributed by atoms with E-state index in [9.17, 15) is 23.6 Å². The van der Waals surface area contributed by atoms with E-state index in [4.69, 9.17) is 16.3 Å². The molecule has 0 unspecified atom stereocenters. The van der Waals surface area contributed by atoms with Gasteiger partial charge in [0.05, 0.1) is 23.5 Å². The molecule has 1 aliphatic heterocycles. The van der Waals surface area contributed by atoms with Crippen molar-refractivity contribution in [3.63, 3.8) is 0 Å². The van der Waals surface area contributed by atoms with E-state index in [-0.39, 0.29) is 40.5 Å². The number of hydrogen-bond acceptors (Lipinski definition) is 6. The van der Waals surface area contributed by atoms with Crippen molar-refractivity contribution >= 4 is 52.4 Å². The summed E-state index contributed by atoms with van der Waals surface area (Å²) < 4.78 is 19.2. The molecule has 0 saturated carbocycles. The lowest BCUT2D eigenvalue weighted by Gasteiger charge is -2.16. The van der Waals surface area contributed by atoms with Gasteiger partial charge in [-0.3, -0.25) is 14.4 Å². The molecule has 2 N–H and O–H groups in total. The Balaban J connectivity index is 1.55. The van der Waals surface area contributed by atoms with Gasteiger partial charge in [-0.2, -0.15) is 0 Å². The molecule has 0 radical (unpaired) electrons. The number of carbonyl (C=O) groups is 4. The first-order valence-electron chi connectivity index (χ1n) is 10.8. The normalized spacial score (nSPS) is 13.1. The second-order valence-corrected chi connectivity index (χ2v) is 7.89. The minimum atomic E-state index is -0.876. The number of rotatable bonds is 7. The molecule has 1 aliphatic rings. The van der Waals surface area contributed by atoms with Crippen molar-refractivity contribution in [3.8, 4) is 0 Å². The van der Waals surface area contributed by atoms with Gasteiger partial charge in [0, 0.05) is 11.3 Å². The maximum Gasteiger partial charge on any atom is 0.340 e. The number of imide groups is 1. The van der Waals surface area contributed by atoms with Gasteiger partial charge >= 0.3 is 5.97 Å². The Hall–Kier alpha value is -4.50. The number of nitrogens with one attached hydrogen (secondary N) is 2. The number of esters is 1. The number of carbonyl (C=O) groups excluding carboxylic acids is 4. The molecule has 1 heterocycles. The summed E-state index contributed by atoms with van der Waals surface area (Å²) >= 11 is 6.11. The second kappa shape index (κ2) is 10.4. The topological polar surface area (TPSA) is 105 Å². The van der Waals surface area contributed by atoms with Gasteiger partial charge in [0.25, 0.3) is 17.7 Å². The Kier molecular flexibility index (Phi) is 7.12. The van der Waals surface area contributed by atoms with E-state index in [1.165, 1.54) is 36.4 Å². The maximum absolute atomic E-state index is 14.2. The zero-order valence-electron chi connectivity index (χ0n) is 18.9. The standard InChI is InChI=1S/C26H19ClFN3O5/c1-2-36-26(35)17-10-3-5-12-19(17)30-23(32)15-8-7-9-16(14-15)29-22-21(27)24(33)31(25(22)34)20-13-6-4-11-18(20)28/h3-14,29H,2H2,1H3,(H,30,32). The van der Waals surface area contributed by atoms with E-state index in [2.05, 4.69) is 10.6 Å². The van der Waals surface area contributed by atoms with Crippen LogP contribution in [0.4, 0.5) is 21.5 Å². The molecule has 0 bridgehead atoms. The van der Waals surface area contributed by atoms with Crippen molar-refractivity contribution in [2.45, 2.75) is 6.92 Å². The van der Waals surface area contributed by atoms with Gasteiger partial charge in [0.1, 0.15) is 16.5 Å². The van der Waals surface area contributed by atoms with E-state index in [0.717, 1.165) is 6.07 Å². The highest BCUT2D eigenvalue weighted by atomic mass is 35.5. The summed E-state index contributed by atoms with van der Waals surface area (Å²) in [6.07, 6.45) is 0. The zero-order chi connectivity index (χ0) is 25.8. The molecule has 0 aromatic heterocycles. The summed E-state index contributed by atoms with van der Waals surface area (Å²) in [5, 5.41) is 5.01. The quantitative estimate of drug-likeness (QED) is 0.355. The highest BCUT2D eigenvalue weighted by molar-refractivity contribution is 6.53. The number of amides is 3. The van der Waals surface area contributed by atoms with Crippen molar-refractivity contribution < 1.29 is 28.3 Å². The van der Waals surface area contributed by atoms with Gasteiger partial charge < -0.3 is 15.4 Å². The first kappa shape index (κ1) is 24.6. The van der Waals surface area contributed by atoms with Gasteiger partial charge in [-0.1, -0.05) is 41.9 Å². The molecule has 0 atom stereocenters. The first-order chi connectivity index (χ1) is 17.3. The number of para-hydroxylation sites is 2. The fraction of sp³-hybridized carbons (Fsp3) is 0.0769. The summed E-state index contributed by atoms with van der Waals surface area (Å²) in [4.78, 5) is 51.2. The average Bonchev–Trinajstić information content (AvgIpc) is 3.08. The van der Waals surface area contributed by atoms with E-state index >= 15 is 0 Å². The van der Waals surface area contributed by atoms with Crippen LogP contribution in [0.25, 0.3) is 0 Å². The minimum absolute atomic E-state index is 0.183. The Morgan fingerprint density at radius 2 is 1.69 bits per heavy atom. The van der Waals surface area contributed by atoms with Crippen LogP contribution in [0.2, 0.25) is 0 Å². The molecule has 3 aromatic carbocycles. The third-order valence-corrected chi connectivity index (χ3v) is 5.54. The molecule has 0 aliphatic carbocycles. The SMILES string of the molecule is CCOC(=O)c1ccccc1NC(=O)c1cccc(NC2=C(Cl)C(=O)N(c3ccccc3F)C2=O)c1. The Morgan fingerprint density at radius 1 is 0.972 bits per heavy atom. The van der Waals surface area contributed by atoms with Crippen LogP contribution in [0.5, 0.6) is 0 Å². The number of benzene rings is 3. The van der Waals surface area contributed by atoms with E-state index in [0.29, 0.717) is 4.90 Å². The lowest BCUT2D eigenvalue weighted by molar-refractivity contribution is -0.120. The Labute approximate surface area is 210 Å². The van der Waals surface area contributed by atoms with E-state index in [1.54, 1.807) is 37.3 Å². The van der Waals surface area contributed by atoms with Gasteiger partial charge in [-0.25, -0.2) is 14.1 Å². The molecule has 0 saturated heterocycles. The number of hydrogen-bond donors (Lipinski definition) is 2. The van der Waals surface area contributed by atoms with Gasteiger partial charge in [0.15, 0.2) is 0 Å². The molecular formula is C26H19ClFN3O5. The molecular weight excluding hydrogens is 489 g/mol. The summed E-state index contributed by atoms with van der Waals surface area (Å²) in [5.74, 6) is -3.58. The van der Waals surface area contributed by atoms with Crippen LogP contribution < -0.4 is 15.5 Å². The average molecular weight is 508 g/mol. The number of ether oxygens (including phenoxy) is 1. The van der Waals surface area contributed by atoms with Crippen LogP contribution in [0.1, 0.15) is 27.6 Å². The van der Waals surface area contributed by atoms with Gasteiger partial charge in [0.2, 0.25) is 0 Å². The van der Waals surface area contributed by atoms with Gasteiger partial charge in [-0.05, 0) is 49.4 Å². The van der Waals surface area contributed by atoms with Crippen LogP contribution in [-0.4, -0.2) is 30.3 Å². The predicted molar refractivity (Wildman–Crippen MR) is 132 cm³/mol. The number of nitrogens with zero attached hydrogens (tertiary/aromatic N) is 1. The largest absolute Gasteiger partial charge is 0.462 e. The van der Waals surface area contributed by atoms with Crippen LogP contribution in [-0.2, 0) is 14.3 Å². The molecule has 3 aromatic rings. The van der Waals surface area contributed by atoms with Crippen LogP contribution in [0.3, 0.4) is 0 Å². The Bertz CT molecular complexity index is 1420. The van der Waals surface area contributed by atoms with Crippen molar-refractivity contribution in [1.82, 2.24) is 0 Å². The maximum atomic E-state index is 14.2. The molecule has 10 heteroatoms. The number of halogens is 2. The van der Waals surface area contributed by atoms with E-state index < -0.39 is 34.5 Å². The lowest BCUT2D eigenvalue weighted by atomic mass is 10.1. The summed E-state index contributed by atoms with van der Waals surface area (Å²) in [7, 11) is 0. The lowest BCUT2D eigenvalue weighted by Crippen LogP contribution is -2.33. The highest BCUT2D eigenvalue weighted by Gasteiger charge is 2.40. The molecule has 8 nitrogen and oxygen atoms in total. The number of anilines is 3. The van der Waals surface area contributed by atoms with Gasteiger partial charge in [-0.15, -0.1) is 0 Å². The summed E-state index contributed by atoms with van der Waals surface area (Å²) in [6.45, 7) is 1.86. The van der Waals surface area contributed by atoms with Crippen LogP contribution >= 0.6 is 11.6 Å². The third kappa shape index (κ3) is 4.82. The fourth-order valence-electron chi connectivity index (χ4n) is 3.52. The van der Waals surface area contributed by atoms with Crippen LogP contribution in [0.15, 0.2) is 83.5 Å². The fourth-order valence-corrected chi connectivity index (χ4v) is 3.73. The molecule has 0 fully saturated rings. The smallest absolute Gasteiger partial charge is 0.340 e. The second-order valence-electron chi connectivity index (χ2n) is 7.51.